The zero-order chi connectivity index (χ0) is 25.1. The van der Waals surface area contributed by atoms with Gasteiger partial charge in [0.1, 0.15) is 6.61 Å². The molecule has 0 spiro atoms. The van der Waals surface area contributed by atoms with Crippen molar-refractivity contribution >= 4 is 23.4 Å². The number of hydrogen-bond acceptors (Lipinski definition) is 7. The first-order valence-electron chi connectivity index (χ1n) is 11.0. The Balaban J connectivity index is 1.95. The number of aryl methyl sites for hydroxylation is 1. The number of carbonyl (C=O) groups excluding carboxylic acids is 1. The van der Waals surface area contributed by atoms with Crippen LogP contribution in [0, 0.1) is 6.92 Å². The number of nitrogens with zero attached hydrogens (tertiary/aromatic N) is 2. The van der Waals surface area contributed by atoms with Crippen molar-refractivity contribution in [3.8, 4) is 11.5 Å². The average Bonchev–Trinajstić information content (AvgIpc) is 3.16. The van der Waals surface area contributed by atoms with Gasteiger partial charge in [-0.3, -0.25) is 9.36 Å². The fourth-order valence-electron chi connectivity index (χ4n) is 3.95. The van der Waals surface area contributed by atoms with Gasteiger partial charge in [-0.15, -0.1) is 0 Å². The van der Waals surface area contributed by atoms with Crippen LogP contribution in [0.25, 0.3) is 6.08 Å². The van der Waals surface area contributed by atoms with Crippen LogP contribution in [-0.4, -0.2) is 31.4 Å². The Morgan fingerprint density at radius 2 is 1.83 bits per heavy atom. The SMILES string of the molecule is C=CCOC(=O)C1=C(C)N=c2s/c(=C\c3ccc(C)cc3)c(=O)n2C1c1ccc(OC)c(OC)c1. The smallest absolute Gasteiger partial charge is 0.338 e. The maximum atomic E-state index is 13.7. The van der Waals surface area contributed by atoms with Crippen molar-refractivity contribution in [3.05, 3.63) is 103 Å². The summed E-state index contributed by atoms with van der Waals surface area (Å²) in [5, 5.41) is 0. The highest BCUT2D eigenvalue weighted by atomic mass is 32.1. The van der Waals surface area contributed by atoms with Crippen molar-refractivity contribution in [1.29, 1.82) is 0 Å². The van der Waals surface area contributed by atoms with Crippen molar-refractivity contribution in [2.75, 3.05) is 20.8 Å². The van der Waals surface area contributed by atoms with E-state index in [4.69, 9.17) is 14.2 Å². The first kappa shape index (κ1) is 24.2. The van der Waals surface area contributed by atoms with E-state index >= 15 is 0 Å². The summed E-state index contributed by atoms with van der Waals surface area (Å²) >= 11 is 1.28. The lowest BCUT2D eigenvalue weighted by Crippen LogP contribution is -2.40. The van der Waals surface area contributed by atoms with Gasteiger partial charge in [-0.25, -0.2) is 9.79 Å². The molecule has 0 saturated heterocycles. The second-order valence-electron chi connectivity index (χ2n) is 7.99. The van der Waals surface area contributed by atoms with Gasteiger partial charge in [0.15, 0.2) is 16.3 Å². The first-order valence-corrected chi connectivity index (χ1v) is 11.8. The van der Waals surface area contributed by atoms with Gasteiger partial charge < -0.3 is 14.2 Å². The van der Waals surface area contributed by atoms with E-state index in [9.17, 15) is 9.59 Å². The predicted molar refractivity (Wildman–Crippen MR) is 136 cm³/mol. The molecular weight excluding hydrogens is 464 g/mol. The lowest BCUT2D eigenvalue weighted by molar-refractivity contribution is -0.138. The summed E-state index contributed by atoms with van der Waals surface area (Å²) < 4.78 is 18.3. The molecule has 3 aromatic rings. The summed E-state index contributed by atoms with van der Waals surface area (Å²) in [6.07, 6.45) is 3.33. The lowest BCUT2D eigenvalue weighted by Gasteiger charge is -2.25. The molecule has 1 aliphatic rings. The van der Waals surface area contributed by atoms with Gasteiger partial charge in [-0.05, 0) is 43.2 Å². The van der Waals surface area contributed by atoms with Crippen LogP contribution in [0.4, 0.5) is 0 Å². The Labute approximate surface area is 206 Å². The summed E-state index contributed by atoms with van der Waals surface area (Å²) in [5.41, 5.74) is 3.25. The minimum atomic E-state index is -0.747. The van der Waals surface area contributed by atoms with Crippen molar-refractivity contribution in [2.45, 2.75) is 19.9 Å². The van der Waals surface area contributed by atoms with E-state index in [-0.39, 0.29) is 17.7 Å². The van der Waals surface area contributed by atoms with E-state index in [0.29, 0.717) is 32.1 Å². The minimum Gasteiger partial charge on any atom is -0.493 e. The van der Waals surface area contributed by atoms with Gasteiger partial charge in [-0.2, -0.15) is 0 Å². The summed E-state index contributed by atoms with van der Waals surface area (Å²) in [6.45, 7) is 7.41. The predicted octanol–water partition coefficient (Wildman–Crippen LogP) is 3.29. The molecule has 1 aromatic heterocycles. The molecule has 1 aliphatic heterocycles. The van der Waals surface area contributed by atoms with E-state index < -0.39 is 12.0 Å². The Morgan fingerprint density at radius 1 is 1.11 bits per heavy atom. The van der Waals surface area contributed by atoms with E-state index in [2.05, 4.69) is 11.6 Å². The molecule has 7 nitrogen and oxygen atoms in total. The summed E-state index contributed by atoms with van der Waals surface area (Å²) in [7, 11) is 3.09. The molecule has 2 heterocycles. The number of hydrogen-bond donors (Lipinski definition) is 0. The molecular formula is C27H26N2O5S. The molecule has 1 unspecified atom stereocenters. The second-order valence-corrected chi connectivity index (χ2v) is 9.00. The molecule has 0 bridgehead atoms. The van der Waals surface area contributed by atoms with Crippen molar-refractivity contribution < 1.29 is 19.0 Å². The summed E-state index contributed by atoms with van der Waals surface area (Å²) in [4.78, 5) is 31.9. The number of rotatable bonds is 7. The molecule has 1 atom stereocenters. The Hall–Kier alpha value is -3.91. The standard InChI is InChI=1S/C27H26N2O5S/c1-6-13-34-26(31)23-17(3)28-27-29(24(23)19-11-12-20(32-4)21(15-19)33-5)25(30)22(35-27)14-18-9-7-16(2)8-10-18/h6-12,14-15,24H,1,13H2,2-5H3/b22-14-. The highest BCUT2D eigenvalue weighted by Crippen LogP contribution is 2.36. The molecule has 4 rings (SSSR count). The van der Waals surface area contributed by atoms with Gasteiger partial charge in [0.25, 0.3) is 5.56 Å². The Morgan fingerprint density at radius 3 is 2.49 bits per heavy atom. The van der Waals surface area contributed by atoms with Gasteiger partial charge in [0.05, 0.1) is 36.1 Å². The number of methoxy groups -OCH3 is 2. The number of thiazole rings is 1. The van der Waals surface area contributed by atoms with Gasteiger partial charge in [0, 0.05) is 0 Å². The first-order chi connectivity index (χ1) is 16.9. The summed E-state index contributed by atoms with van der Waals surface area (Å²) in [6, 6.07) is 12.5. The third-order valence-electron chi connectivity index (χ3n) is 5.67. The zero-order valence-electron chi connectivity index (χ0n) is 20.0. The maximum absolute atomic E-state index is 13.7. The second kappa shape index (κ2) is 10.1. The van der Waals surface area contributed by atoms with Crippen LogP contribution in [0.2, 0.25) is 0 Å². The van der Waals surface area contributed by atoms with E-state index in [1.807, 2.05) is 43.3 Å². The largest absolute Gasteiger partial charge is 0.493 e. The fourth-order valence-corrected chi connectivity index (χ4v) is 4.99. The molecule has 35 heavy (non-hydrogen) atoms. The molecule has 8 heteroatoms. The topological polar surface area (TPSA) is 79.1 Å². The normalized spacial score (nSPS) is 15.3. The molecule has 0 fully saturated rings. The number of benzene rings is 2. The van der Waals surface area contributed by atoms with Gasteiger partial charge >= 0.3 is 5.97 Å². The number of esters is 1. The number of fused-ring (bicyclic) bond motifs is 1. The average molecular weight is 491 g/mol. The molecule has 0 N–H and O–H groups in total. The Kier molecular flexibility index (Phi) is 7.02. The molecule has 0 amide bonds. The van der Waals surface area contributed by atoms with Gasteiger partial charge in [-0.1, -0.05) is 59.9 Å². The molecule has 0 radical (unpaired) electrons. The molecule has 2 aromatic carbocycles. The highest BCUT2D eigenvalue weighted by Gasteiger charge is 2.34. The number of ether oxygens (including phenoxy) is 3. The van der Waals surface area contributed by atoms with Crippen LogP contribution in [-0.2, 0) is 9.53 Å². The van der Waals surface area contributed by atoms with Crippen LogP contribution >= 0.6 is 11.3 Å². The van der Waals surface area contributed by atoms with Crippen molar-refractivity contribution in [3.63, 3.8) is 0 Å². The van der Waals surface area contributed by atoms with Crippen LogP contribution in [0.3, 0.4) is 0 Å². The van der Waals surface area contributed by atoms with E-state index in [1.165, 1.54) is 24.5 Å². The van der Waals surface area contributed by atoms with Gasteiger partial charge in [0.2, 0.25) is 0 Å². The van der Waals surface area contributed by atoms with Crippen molar-refractivity contribution in [1.82, 2.24) is 4.57 Å². The summed E-state index contributed by atoms with van der Waals surface area (Å²) in [5.74, 6) is 0.471. The third-order valence-corrected chi connectivity index (χ3v) is 6.66. The van der Waals surface area contributed by atoms with Crippen LogP contribution in [0.1, 0.15) is 29.7 Å². The number of aromatic nitrogens is 1. The minimum absolute atomic E-state index is 0.0477. The highest BCUT2D eigenvalue weighted by molar-refractivity contribution is 7.07. The monoisotopic (exact) mass is 490 g/mol. The van der Waals surface area contributed by atoms with Crippen LogP contribution in [0.15, 0.2) is 76.2 Å². The van der Waals surface area contributed by atoms with E-state index in [1.54, 1.807) is 30.7 Å². The van der Waals surface area contributed by atoms with E-state index in [0.717, 1.165) is 11.1 Å². The lowest BCUT2D eigenvalue weighted by atomic mass is 9.95. The maximum Gasteiger partial charge on any atom is 0.338 e. The number of allylic oxidation sites excluding steroid dienone is 1. The number of carbonyl (C=O) groups is 1. The molecule has 180 valence electrons. The Bertz CT molecular complexity index is 1500. The van der Waals surface area contributed by atoms with Crippen LogP contribution in [0.5, 0.6) is 11.5 Å². The van der Waals surface area contributed by atoms with Crippen molar-refractivity contribution in [2.24, 2.45) is 4.99 Å². The fraction of sp³-hybridized carbons (Fsp3) is 0.222. The zero-order valence-corrected chi connectivity index (χ0v) is 20.8. The quantitative estimate of drug-likeness (QED) is 0.375. The molecule has 0 aliphatic carbocycles. The van der Waals surface area contributed by atoms with Crippen LogP contribution < -0.4 is 24.4 Å². The third kappa shape index (κ3) is 4.70. The molecule has 0 saturated carbocycles.